The number of aliphatic hydroxyl groups excluding tert-OH is 1. The molecule has 0 aromatic heterocycles. The Morgan fingerprint density at radius 1 is 1.05 bits per heavy atom. The predicted octanol–water partition coefficient (Wildman–Crippen LogP) is 2.67. The topological polar surface area (TPSA) is 32.7 Å². The van der Waals surface area contributed by atoms with Gasteiger partial charge < -0.3 is 14.7 Å². The van der Waals surface area contributed by atoms with Gasteiger partial charge in [-0.15, -0.1) is 0 Å². The van der Waals surface area contributed by atoms with E-state index in [0.717, 1.165) is 37.4 Å². The third-order valence-electron chi connectivity index (χ3n) is 5.93. The van der Waals surface area contributed by atoms with Crippen molar-refractivity contribution in [1.29, 1.82) is 0 Å². The first-order valence-corrected chi connectivity index (χ1v) is 8.67. The normalized spacial score (nSPS) is 40.5. The molecule has 3 heteroatoms. The summed E-state index contributed by atoms with van der Waals surface area (Å²) >= 11 is 0. The first-order valence-electron chi connectivity index (χ1n) is 8.67. The summed E-state index contributed by atoms with van der Waals surface area (Å²) in [5.74, 6) is 2.75. The Morgan fingerprint density at radius 2 is 1.55 bits per heavy atom. The van der Waals surface area contributed by atoms with E-state index in [4.69, 9.17) is 4.74 Å². The summed E-state index contributed by atoms with van der Waals surface area (Å²) in [5, 5.41) is 10.2. The maximum absolute atomic E-state index is 10.2. The van der Waals surface area contributed by atoms with Crippen LogP contribution >= 0.6 is 0 Å². The number of aliphatic hydroxyl groups is 1. The van der Waals surface area contributed by atoms with E-state index < -0.39 is 0 Å². The van der Waals surface area contributed by atoms with Gasteiger partial charge >= 0.3 is 0 Å². The second-order valence-corrected chi connectivity index (χ2v) is 7.55. The van der Waals surface area contributed by atoms with Crippen LogP contribution in [0.4, 0.5) is 0 Å². The fraction of sp³-hybridized carbons (Fsp3) is 1.00. The van der Waals surface area contributed by atoms with Crippen LogP contribution < -0.4 is 0 Å². The number of nitrogens with zero attached hydrogens (tertiary/aromatic N) is 1. The zero-order chi connectivity index (χ0) is 14.2. The van der Waals surface area contributed by atoms with Crippen LogP contribution in [0, 0.1) is 17.8 Å². The van der Waals surface area contributed by atoms with Crippen molar-refractivity contribution in [3.05, 3.63) is 0 Å². The fourth-order valence-electron chi connectivity index (χ4n) is 5.31. The number of ether oxygens (including phenoxy) is 1. The van der Waals surface area contributed by atoms with Crippen LogP contribution in [0.3, 0.4) is 0 Å². The van der Waals surface area contributed by atoms with Gasteiger partial charge in [0.2, 0.25) is 0 Å². The van der Waals surface area contributed by atoms with Crippen molar-refractivity contribution in [2.75, 3.05) is 26.2 Å². The molecule has 0 heterocycles. The summed E-state index contributed by atoms with van der Waals surface area (Å²) in [7, 11) is 0. The van der Waals surface area contributed by atoms with Crippen LogP contribution in [0.15, 0.2) is 0 Å². The van der Waals surface area contributed by atoms with E-state index in [9.17, 15) is 5.11 Å². The summed E-state index contributed by atoms with van der Waals surface area (Å²) in [6, 6.07) is 0. The zero-order valence-corrected chi connectivity index (χ0v) is 13.2. The van der Waals surface area contributed by atoms with E-state index in [2.05, 4.69) is 18.7 Å². The highest BCUT2D eigenvalue weighted by molar-refractivity contribution is 5.03. The number of likely N-dealkylation sites (N-methyl/N-ethyl adjacent to an activating group) is 1. The Labute approximate surface area is 123 Å². The van der Waals surface area contributed by atoms with Crippen LogP contribution in [-0.4, -0.2) is 48.0 Å². The Kier molecular flexibility index (Phi) is 4.40. The maximum atomic E-state index is 10.2. The van der Waals surface area contributed by atoms with Crippen LogP contribution in [0.2, 0.25) is 0 Å². The minimum absolute atomic E-state index is 0.138. The molecule has 0 amide bonds. The van der Waals surface area contributed by atoms with Gasteiger partial charge in [-0.3, -0.25) is 0 Å². The van der Waals surface area contributed by atoms with E-state index in [1.165, 1.54) is 38.5 Å². The fourth-order valence-corrected chi connectivity index (χ4v) is 5.31. The molecule has 0 spiro atoms. The van der Waals surface area contributed by atoms with Gasteiger partial charge in [-0.2, -0.15) is 0 Å². The number of hydrogen-bond donors (Lipinski definition) is 1. The molecule has 4 fully saturated rings. The van der Waals surface area contributed by atoms with Crippen LogP contribution in [-0.2, 0) is 4.74 Å². The van der Waals surface area contributed by atoms with Gasteiger partial charge in [-0.25, -0.2) is 0 Å². The lowest BCUT2D eigenvalue weighted by Crippen LogP contribution is -2.53. The molecule has 4 bridgehead atoms. The Balaban J connectivity index is 1.50. The van der Waals surface area contributed by atoms with Gasteiger partial charge in [0.25, 0.3) is 0 Å². The highest BCUT2D eigenvalue weighted by Gasteiger charge is 2.51. The molecule has 0 aromatic rings. The van der Waals surface area contributed by atoms with Crippen molar-refractivity contribution in [1.82, 2.24) is 4.90 Å². The molecule has 0 aromatic carbocycles. The Bertz CT molecular complexity index is 292. The average Bonchev–Trinajstić information content (AvgIpc) is 2.41. The van der Waals surface area contributed by atoms with Gasteiger partial charge in [0.15, 0.2) is 0 Å². The summed E-state index contributed by atoms with van der Waals surface area (Å²) in [4.78, 5) is 2.27. The minimum atomic E-state index is -0.331. The molecule has 1 N–H and O–H groups in total. The highest BCUT2D eigenvalue weighted by atomic mass is 16.5. The van der Waals surface area contributed by atoms with Crippen molar-refractivity contribution in [3.8, 4) is 0 Å². The van der Waals surface area contributed by atoms with Gasteiger partial charge in [0, 0.05) is 6.54 Å². The van der Waals surface area contributed by atoms with Crippen molar-refractivity contribution in [2.45, 2.75) is 64.1 Å². The van der Waals surface area contributed by atoms with Crippen molar-refractivity contribution in [3.63, 3.8) is 0 Å². The van der Waals surface area contributed by atoms with Crippen LogP contribution in [0.1, 0.15) is 52.4 Å². The smallest absolute Gasteiger partial charge is 0.0900 e. The molecule has 4 aliphatic carbocycles. The molecule has 116 valence electrons. The average molecular weight is 281 g/mol. The Hall–Kier alpha value is -0.120. The van der Waals surface area contributed by atoms with Crippen molar-refractivity contribution >= 4 is 0 Å². The molecular formula is C17H31NO2. The molecule has 0 radical (unpaired) electrons. The quantitative estimate of drug-likeness (QED) is 0.779. The molecule has 4 saturated carbocycles. The second kappa shape index (κ2) is 5.94. The third kappa shape index (κ3) is 3.05. The predicted molar refractivity (Wildman–Crippen MR) is 80.6 cm³/mol. The van der Waals surface area contributed by atoms with E-state index in [1.54, 1.807) is 0 Å². The largest absolute Gasteiger partial charge is 0.389 e. The zero-order valence-electron chi connectivity index (χ0n) is 13.2. The molecule has 4 rings (SSSR count). The number of rotatable bonds is 7. The van der Waals surface area contributed by atoms with Gasteiger partial charge in [0.05, 0.1) is 18.3 Å². The SMILES string of the molecule is CCN(CC)C[C@H](O)COC12CC3CC(CC(C3)C1)C2. The van der Waals surface area contributed by atoms with E-state index in [1.807, 2.05) is 0 Å². The molecule has 3 nitrogen and oxygen atoms in total. The molecule has 4 aliphatic rings. The molecular weight excluding hydrogens is 250 g/mol. The standard InChI is InChI=1S/C17H31NO2/c1-3-18(4-2)11-16(19)12-20-17-8-13-5-14(9-17)7-15(6-13)10-17/h13-16,19H,3-12H2,1-2H3/t13?,14?,15?,16-,17?/m0/s1. The lowest BCUT2D eigenvalue weighted by Gasteiger charge is -2.56. The minimum Gasteiger partial charge on any atom is -0.389 e. The van der Waals surface area contributed by atoms with E-state index >= 15 is 0 Å². The third-order valence-corrected chi connectivity index (χ3v) is 5.93. The Morgan fingerprint density at radius 3 is 2.00 bits per heavy atom. The molecule has 0 aliphatic heterocycles. The first kappa shape index (κ1) is 14.8. The summed E-state index contributed by atoms with van der Waals surface area (Å²) in [5.41, 5.74) is 0.138. The highest BCUT2D eigenvalue weighted by Crippen LogP contribution is 2.57. The van der Waals surface area contributed by atoms with Crippen molar-refractivity contribution < 1.29 is 9.84 Å². The molecule has 20 heavy (non-hydrogen) atoms. The van der Waals surface area contributed by atoms with E-state index in [-0.39, 0.29) is 11.7 Å². The van der Waals surface area contributed by atoms with Gasteiger partial charge in [0.1, 0.15) is 0 Å². The molecule has 0 unspecified atom stereocenters. The summed E-state index contributed by atoms with van der Waals surface area (Å²) < 4.78 is 6.32. The second-order valence-electron chi connectivity index (χ2n) is 7.55. The number of hydrogen-bond acceptors (Lipinski definition) is 3. The first-order chi connectivity index (χ1) is 9.62. The molecule has 0 saturated heterocycles. The lowest BCUT2D eigenvalue weighted by molar-refractivity contribution is -0.176. The monoisotopic (exact) mass is 281 g/mol. The van der Waals surface area contributed by atoms with Gasteiger partial charge in [-0.1, -0.05) is 13.8 Å². The van der Waals surface area contributed by atoms with Crippen LogP contribution in [0.5, 0.6) is 0 Å². The maximum Gasteiger partial charge on any atom is 0.0900 e. The molecule has 1 atom stereocenters. The van der Waals surface area contributed by atoms with Gasteiger partial charge in [-0.05, 0) is 69.4 Å². The lowest BCUT2D eigenvalue weighted by atomic mass is 9.54. The van der Waals surface area contributed by atoms with E-state index in [0.29, 0.717) is 6.61 Å². The van der Waals surface area contributed by atoms with Crippen molar-refractivity contribution in [2.24, 2.45) is 17.8 Å². The summed E-state index contributed by atoms with van der Waals surface area (Å²) in [6.45, 7) is 7.59. The summed E-state index contributed by atoms with van der Waals surface area (Å²) in [6.07, 6.45) is 7.80. The van der Waals surface area contributed by atoms with Crippen LogP contribution in [0.25, 0.3) is 0 Å².